The highest BCUT2D eigenvalue weighted by molar-refractivity contribution is 5.88. The topological polar surface area (TPSA) is 53.1 Å². The van der Waals surface area contributed by atoms with Crippen LogP contribution in [-0.2, 0) is 5.41 Å². The third-order valence-corrected chi connectivity index (χ3v) is 5.78. The lowest BCUT2D eigenvalue weighted by Crippen LogP contribution is -2.48. The molecule has 4 aliphatic carbocycles. The second-order valence-corrected chi connectivity index (χ2v) is 7.24. The largest absolute Gasteiger partial charge is 0.477 e. The van der Waals surface area contributed by atoms with Crippen LogP contribution >= 0.6 is 0 Å². The van der Waals surface area contributed by atoms with Gasteiger partial charge in [-0.25, -0.2) is 4.79 Å². The molecule has 1 heterocycles. The Morgan fingerprint density at radius 1 is 1.21 bits per heavy atom. The number of aromatic carboxylic acids is 1. The molecule has 1 aromatic heterocycles. The average Bonchev–Trinajstić information content (AvgIpc) is 2.70. The monoisotopic (exact) mass is 259 g/mol. The van der Waals surface area contributed by atoms with Gasteiger partial charge in [0, 0.05) is 5.69 Å². The number of carbonyl (C=O) groups is 1. The van der Waals surface area contributed by atoms with Gasteiger partial charge in [-0.05, 0) is 80.2 Å². The lowest BCUT2D eigenvalue weighted by Gasteiger charge is -2.57. The smallest absolute Gasteiger partial charge is 0.352 e. The van der Waals surface area contributed by atoms with Crippen LogP contribution in [-0.4, -0.2) is 16.1 Å². The summed E-state index contributed by atoms with van der Waals surface area (Å²) in [6.07, 6.45) is 7.84. The summed E-state index contributed by atoms with van der Waals surface area (Å²) < 4.78 is 0. The number of hydrogen-bond donors (Lipinski definition) is 2. The summed E-state index contributed by atoms with van der Waals surface area (Å²) >= 11 is 0. The molecule has 0 spiro atoms. The molecule has 2 N–H and O–H groups in total. The van der Waals surface area contributed by atoms with E-state index in [1.165, 1.54) is 38.5 Å². The fraction of sp³-hybridized carbons (Fsp3) is 0.688. The molecule has 0 aromatic carbocycles. The third-order valence-electron chi connectivity index (χ3n) is 5.78. The molecule has 0 aliphatic heterocycles. The normalized spacial score (nSPS) is 39.7. The highest BCUT2D eigenvalue weighted by atomic mass is 16.4. The zero-order valence-electron chi connectivity index (χ0n) is 11.4. The molecule has 0 radical (unpaired) electrons. The fourth-order valence-electron chi connectivity index (χ4n) is 5.62. The molecule has 0 amide bonds. The van der Waals surface area contributed by atoms with Gasteiger partial charge in [0.2, 0.25) is 0 Å². The van der Waals surface area contributed by atoms with E-state index >= 15 is 0 Å². The standard InChI is InChI=1S/C16H21NO2/c1-9-2-13(14(17-9)15(18)19)16-6-10-3-11(7-16)5-12(4-10)8-16/h2,10-12,17H,3-8H2,1H3,(H,18,19). The molecule has 4 aliphatic rings. The molecule has 0 saturated heterocycles. The molecule has 4 fully saturated rings. The molecule has 3 nitrogen and oxygen atoms in total. The van der Waals surface area contributed by atoms with Crippen LogP contribution in [0.25, 0.3) is 0 Å². The minimum atomic E-state index is -0.793. The van der Waals surface area contributed by atoms with Crippen molar-refractivity contribution in [2.24, 2.45) is 17.8 Å². The van der Waals surface area contributed by atoms with Crippen molar-refractivity contribution in [1.82, 2.24) is 4.98 Å². The van der Waals surface area contributed by atoms with Crippen molar-refractivity contribution in [2.45, 2.75) is 50.9 Å². The summed E-state index contributed by atoms with van der Waals surface area (Å²) in [7, 11) is 0. The number of carboxylic acids is 1. The van der Waals surface area contributed by atoms with Crippen LogP contribution in [0.3, 0.4) is 0 Å². The lowest BCUT2D eigenvalue weighted by atomic mass is 9.48. The first-order valence-electron chi connectivity index (χ1n) is 7.49. The van der Waals surface area contributed by atoms with Crippen molar-refractivity contribution >= 4 is 5.97 Å². The third kappa shape index (κ3) is 1.60. The summed E-state index contributed by atoms with van der Waals surface area (Å²) in [6.45, 7) is 1.97. The van der Waals surface area contributed by atoms with Crippen molar-refractivity contribution in [1.29, 1.82) is 0 Å². The summed E-state index contributed by atoms with van der Waals surface area (Å²) in [6, 6.07) is 2.11. The van der Waals surface area contributed by atoms with Gasteiger partial charge < -0.3 is 10.1 Å². The fourth-order valence-corrected chi connectivity index (χ4v) is 5.62. The Hall–Kier alpha value is -1.25. The minimum absolute atomic E-state index is 0.174. The number of H-pyrrole nitrogens is 1. The van der Waals surface area contributed by atoms with Crippen LogP contribution in [0.1, 0.15) is 60.3 Å². The highest BCUT2D eigenvalue weighted by Gasteiger charge is 2.52. The van der Waals surface area contributed by atoms with Crippen LogP contribution in [0.2, 0.25) is 0 Å². The summed E-state index contributed by atoms with van der Waals surface area (Å²) in [5.74, 6) is 1.76. The van der Waals surface area contributed by atoms with Gasteiger partial charge >= 0.3 is 5.97 Å². The maximum Gasteiger partial charge on any atom is 0.352 e. The number of nitrogens with one attached hydrogen (secondary N) is 1. The second-order valence-electron chi connectivity index (χ2n) is 7.24. The van der Waals surface area contributed by atoms with Crippen molar-refractivity contribution in [3.05, 3.63) is 23.0 Å². The average molecular weight is 259 g/mol. The molecule has 102 valence electrons. The number of hydrogen-bond acceptors (Lipinski definition) is 1. The molecule has 4 saturated carbocycles. The van der Waals surface area contributed by atoms with E-state index in [-0.39, 0.29) is 5.41 Å². The molecular weight excluding hydrogens is 238 g/mol. The molecule has 1 aromatic rings. The molecule has 5 rings (SSSR count). The van der Waals surface area contributed by atoms with Gasteiger partial charge in [0.05, 0.1) is 0 Å². The number of aryl methyl sites for hydroxylation is 1. The van der Waals surface area contributed by atoms with Crippen LogP contribution in [0, 0.1) is 24.7 Å². The van der Waals surface area contributed by atoms with E-state index in [1.54, 1.807) is 0 Å². The van der Waals surface area contributed by atoms with Gasteiger partial charge in [0.15, 0.2) is 0 Å². The van der Waals surface area contributed by atoms with Crippen LogP contribution in [0.4, 0.5) is 0 Å². The van der Waals surface area contributed by atoms with Gasteiger partial charge in [-0.15, -0.1) is 0 Å². The van der Waals surface area contributed by atoms with Crippen LogP contribution < -0.4 is 0 Å². The molecular formula is C16H21NO2. The van der Waals surface area contributed by atoms with E-state index in [9.17, 15) is 9.90 Å². The highest BCUT2D eigenvalue weighted by Crippen LogP contribution is 2.61. The van der Waals surface area contributed by atoms with Crippen LogP contribution in [0.15, 0.2) is 6.07 Å². The number of rotatable bonds is 2. The van der Waals surface area contributed by atoms with Crippen molar-refractivity contribution in [2.75, 3.05) is 0 Å². The minimum Gasteiger partial charge on any atom is -0.477 e. The van der Waals surface area contributed by atoms with E-state index < -0.39 is 5.97 Å². The van der Waals surface area contributed by atoms with E-state index in [1.807, 2.05) is 6.92 Å². The maximum absolute atomic E-state index is 11.5. The van der Waals surface area contributed by atoms with Gasteiger partial charge in [-0.1, -0.05) is 0 Å². The van der Waals surface area contributed by atoms with E-state index in [2.05, 4.69) is 11.1 Å². The zero-order chi connectivity index (χ0) is 13.2. The summed E-state index contributed by atoms with van der Waals surface area (Å²) in [5.41, 5.74) is 2.73. The van der Waals surface area contributed by atoms with E-state index in [4.69, 9.17) is 0 Å². The number of aromatic nitrogens is 1. The lowest BCUT2D eigenvalue weighted by molar-refractivity contribution is -0.00577. The number of carboxylic acid groups (broad SMARTS) is 1. The summed E-state index contributed by atoms with van der Waals surface area (Å²) in [5, 5.41) is 9.45. The Kier molecular flexibility index (Phi) is 2.22. The Labute approximate surface area is 113 Å². The molecule has 0 unspecified atom stereocenters. The van der Waals surface area contributed by atoms with Gasteiger partial charge in [-0.3, -0.25) is 0 Å². The Balaban J connectivity index is 1.81. The van der Waals surface area contributed by atoms with E-state index in [0.717, 1.165) is 29.0 Å². The molecule has 19 heavy (non-hydrogen) atoms. The summed E-state index contributed by atoms with van der Waals surface area (Å²) in [4.78, 5) is 14.6. The Morgan fingerprint density at radius 2 is 1.74 bits per heavy atom. The first kappa shape index (κ1) is 11.6. The Bertz CT molecular complexity index is 508. The van der Waals surface area contributed by atoms with Crippen molar-refractivity contribution in [3.63, 3.8) is 0 Å². The molecule has 0 atom stereocenters. The molecule has 4 bridgehead atoms. The van der Waals surface area contributed by atoms with Crippen LogP contribution in [0.5, 0.6) is 0 Å². The van der Waals surface area contributed by atoms with Gasteiger partial charge in [-0.2, -0.15) is 0 Å². The quantitative estimate of drug-likeness (QED) is 0.854. The number of aromatic amines is 1. The SMILES string of the molecule is Cc1cc(C23CC4CC(CC(C4)C2)C3)c(C(=O)O)[nH]1. The predicted octanol–water partition coefficient (Wildman–Crippen LogP) is 3.49. The maximum atomic E-state index is 11.5. The van der Waals surface area contributed by atoms with Gasteiger partial charge in [0.1, 0.15) is 5.69 Å². The first-order chi connectivity index (χ1) is 9.06. The van der Waals surface area contributed by atoms with E-state index in [0.29, 0.717) is 5.69 Å². The molecule has 3 heteroatoms. The van der Waals surface area contributed by atoms with Crippen molar-refractivity contribution < 1.29 is 9.90 Å². The predicted molar refractivity (Wildman–Crippen MR) is 72.3 cm³/mol. The van der Waals surface area contributed by atoms with Gasteiger partial charge in [0.25, 0.3) is 0 Å². The second kappa shape index (κ2) is 3.65. The van der Waals surface area contributed by atoms with Crippen molar-refractivity contribution in [3.8, 4) is 0 Å². The zero-order valence-corrected chi connectivity index (χ0v) is 11.4. The first-order valence-corrected chi connectivity index (χ1v) is 7.49. The Morgan fingerprint density at radius 3 is 2.21 bits per heavy atom.